The Morgan fingerprint density at radius 3 is 2.35 bits per heavy atom. The van der Waals surface area contributed by atoms with Crippen LogP contribution in [0.4, 0.5) is 5.82 Å². The van der Waals surface area contributed by atoms with E-state index in [1.165, 1.54) is 17.2 Å². The first-order valence-electron chi connectivity index (χ1n) is 11.9. The van der Waals surface area contributed by atoms with Crippen molar-refractivity contribution in [1.82, 2.24) is 19.5 Å². The van der Waals surface area contributed by atoms with E-state index < -0.39 is 31.1 Å². The topological polar surface area (TPSA) is 144 Å². The summed E-state index contributed by atoms with van der Waals surface area (Å²) in [4.78, 5) is 13.2. The quantitative estimate of drug-likeness (QED) is 0.264. The van der Waals surface area contributed by atoms with Crippen LogP contribution in [-0.4, -0.2) is 80.5 Å². The number of benzene rings is 2. The van der Waals surface area contributed by atoms with Gasteiger partial charge in [-0.25, -0.2) is 15.0 Å². The minimum Gasteiger partial charge on any atom is -0.497 e. The minimum absolute atomic E-state index is 0.0715. The molecule has 0 amide bonds. The van der Waals surface area contributed by atoms with E-state index >= 15 is 0 Å². The molecule has 1 fully saturated rings. The Morgan fingerprint density at radius 2 is 1.70 bits per heavy atom. The van der Waals surface area contributed by atoms with Gasteiger partial charge in [-0.05, 0) is 23.3 Å². The Balaban J connectivity index is 1.46. The van der Waals surface area contributed by atoms with Crippen molar-refractivity contribution in [2.75, 3.05) is 32.7 Å². The number of fused-ring (bicyclic) bond motifs is 1. The molecule has 37 heavy (non-hydrogen) atoms. The molecule has 2 aromatic carbocycles. The fourth-order valence-electron chi connectivity index (χ4n) is 4.62. The summed E-state index contributed by atoms with van der Waals surface area (Å²) in [6.07, 6.45) is -1.43. The number of hydrogen-bond donors (Lipinski definition) is 4. The van der Waals surface area contributed by atoms with E-state index in [2.05, 4.69) is 32.4 Å². The standard InChI is InChI=1S/C26H29N5O6/c1-35-17-8-16(9-18(10-17)36-2)19(15-6-4-3-5-7-15)11-27-24-21-25(29-13-28-24)31(14-30-21)26-23(34)22(33)20(12-32)37-26/h3-10,13-14,19-20,22-23,26,32-34H,11-12H2,1-2H3,(H,27,28,29)/t19?,20-,22+,23-,26-/m0/s1. The van der Waals surface area contributed by atoms with Crippen molar-refractivity contribution in [1.29, 1.82) is 0 Å². The van der Waals surface area contributed by atoms with Gasteiger partial charge >= 0.3 is 0 Å². The van der Waals surface area contributed by atoms with Gasteiger partial charge in [0.1, 0.15) is 36.1 Å². The zero-order valence-electron chi connectivity index (χ0n) is 20.4. The molecule has 1 aliphatic rings. The second-order valence-electron chi connectivity index (χ2n) is 8.77. The molecule has 5 rings (SSSR count). The summed E-state index contributed by atoms with van der Waals surface area (Å²) in [5.74, 6) is 1.82. The molecule has 0 aliphatic carbocycles. The number of nitrogens with one attached hydrogen (secondary N) is 1. The number of rotatable bonds is 9. The second-order valence-corrected chi connectivity index (χ2v) is 8.77. The first-order chi connectivity index (χ1) is 18.0. The summed E-state index contributed by atoms with van der Waals surface area (Å²) in [6, 6.07) is 15.9. The van der Waals surface area contributed by atoms with E-state index in [1.807, 2.05) is 36.4 Å². The molecule has 0 bridgehead atoms. The third kappa shape index (κ3) is 4.81. The monoisotopic (exact) mass is 507 g/mol. The van der Waals surface area contributed by atoms with Gasteiger partial charge in [-0.15, -0.1) is 0 Å². The number of ether oxygens (including phenoxy) is 3. The normalized spacial score (nSPS) is 22.2. The Hall–Kier alpha value is -3.77. The molecule has 0 spiro atoms. The fraction of sp³-hybridized carbons (Fsp3) is 0.346. The van der Waals surface area contributed by atoms with Crippen LogP contribution < -0.4 is 14.8 Å². The SMILES string of the molecule is COc1cc(OC)cc(C(CNc2ncnc3c2ncn3[C@H]2O[C@@H](CO)[C@@H](O)[C@@H]2O)c2ccccc2)c1. The van der Waals surface area contributed by atoms with Crippen molar-refractivity contribution >= 4 is 17.0 Å². The van der Waals surface area contributed by atoms with E-state index in [0.29, 0.717) is 35.0 Å². The van der Waals surface area contributed by atoms with Crippen LogP contribution in [0.3, 0.4) is 0 Å². The van der Waals surface area contributed by atoms with Crippen LogP contribution in [-0.2, 0) is 4.74 Å². The van der Waals surface area contributed by atoms with E-state index in [1.54, 1.807) is 14.2 Å². The maximum absolute atomic E-state index is 10.5. The number of aromatic nitrogens is 4. The number of methoxy groups -OCH3 is 2. The molecule has 11 heteroatoms. The van der Waals surface area contributed by atoms with Gasteiger partial charge in [0.05, 0.1) is 27.2 Å². The lowest BCUT2D eigenvalue weighted by Crippen LogP contribution is -2.33. The van der Waals surface area contributed by atoms with Gasteiger partial charge < -0.3 is 34.8 Å². The molecular formula is C26H29N5O6. The smallest absolute Gasteiger partial charge is 0.167 e. The van der Waals surface area contributed by atoms with Gasteiger partial charge in [0.15, 0.2) is 23.2 Å². The molecule has 4 aromatic rings. The zero-order valence-corrected chi connectivity index (χ0v) is 20.4. The molecule has 0 saturated carbocycles. The Kier molecular flexibility index (Phi) is 7.19. The van der Waals surface area contributed by atoms with Crippen LogP contribution in [0.25, 0.3) is 11.2 Å². The molecule has 1 unspecified atom stereocenters. The van der Waals surface area contributed by atoms with Crippen LogP contribution in [0.1, 0.15) is 23.3 Å². The maximum Gasteiger partial charge on any atom is 0.167 e. The van der Waals surface area contributed by atoms with E-state index in [4.69, 9.17) is 14.2 Å². The van der Waals surface area contributed by atoms with Gasteiger partial charge in [0.25, 0.3) is 0 Å². The highest BCUT2D eigenvalue weighted by molar-refractivity contribution is 5.82. The molecule has 1 saturated heterocycles. The predicted molar refractivity (Wildman–Crippen MR) is 135 cm³/mol. The molecule has 4 N–H and O–H groups in total. The van der Waals surface area contributed by atoms with Gasteiger partial charge in [0.2, 0.25) is 0 Å². The van der Waals surface area contributed by atoms with Crippen molar-refractivity contribution in [3.63, 3.8) is 0 Å². The average Bonchev–Trinajstić information content (AvgIpc) is 3.49. The lowest BCUT2D eigenvalue weighted by Gasteiger charge is -2.21. The Morgan fingerprint density at radius 1 is 0.973 bits per heavy atom. The van der Waals surface area contributed by atoms with Crippen molar-refractivity contribution in [3.05, 3.63) is 72.3 Å². The first-order valence-corrected chi connectivity index (χ1v) is 11.9. The predicted octanol–water partition coefficient (Wildman–Crippen LogP) is 1.70. The van der Waals surface area contributed by atoms with Gasteiger partial charge in [-0.3, -0.25) is 4.57 Å². The van der Waals surface area contributed by atoms with E-state index in [0.717, 1.165) is 11.1 Å². The molecule has 194 valence electrons. The third-order valence-corrected chi connectivity index (χ3v) is 6.60. The zero-order chi connectivity index (χ0) is 25.9. The van der Waals surface area contributed by atoms with E-state index in [-0.39, 0.29) is 5.92 Å². The number of hydrogen-bond acceptors (Lipinski definition) is 10. The Bertz CT molecular complexity index is 1330. The molecule has 3 heterocycles. The van der Waals surface area contributed by atoms with Gasteiger partial charge in [-0.2, -0.15) is 0 Å². The average molecular weight is 508 g/mol. The molecule has 0 radical (unpaired) electrons. The van der Waals surface area contributed by atoms with Crippen LogP contribution in [0.15, 0.2) is 61.2 Å². The number of aliphatic hydroxyl groups excluding tert-OH is 3. The van der Waals surface area contributed by atoms with Crippen LogP contribution in [0.5, 0.6) is 11.5 Å². The summed E-state index contributed by atoms with van der Waals surface area (Å²) >= 11 is 0. The number of aliphatic hydroxyl groups is 3. The van der Waals surface area contributed by atoms with Crippen molar-refractivity contribution in [2.24, 2.45) is 0 Å². The number of anilines is 1. The van der Waals surface area contributed by atoms with Crippen LogP contribution in [0.2, 0.25) is 0 Å². The van der Waals surface area contributed by atoms with Gasteiger partial charge in [0, 0.05) is 18.5 Å². The van der Waals surface area contributed by atoms with Crippen molar-refractivity contribution < 1.29 is 29.5 Å². The fourth-order valence-corrected chi connectivity index (χ4v) is 4.62. The molecular weight excluding hydrogens is 478 g/mol. The lowest BCUT2D eigenvalue weighted by atomic mass is 9.91. The summed E-state index contributed by atoms with van der Waals surface area (Å²) in [5.41, 5.74) is 2.99. The highest BCUT2D eigenvalue weighted by Crippen LogP contribution is 2.34. The number of imidazole rings is 1. The largest absolute Gasteiger partial charge is 0.497 e. The third-order valence-electron chi connectivity index (χ3n) is 6.60. The minimum atomic E-state index is -1.24. The number of nitrogens with zero attached hydrogens (tertiary/aromatic N) is 4. The summed E-state index contributed by atoms with van der Waals surface area (Å²) in [7, 11) is 3.24. The highest BCUT2D eigenvalue weighted by atomic mass is 16.6. The molecule has 1 aliphatic heterocycles. The molecule has 5 atom stereocenters. The van der Waals surface area contributed by atoms with Gasteiger partial charge in [-0.1, -0.05) is 30.3 Å². The lowest BCUT2D eigenvalue weighted by molar-refractivity contribution is -0.0511. The van der Waals surface area contributed by atoms with Crippen molar-refractivity contribution in [2.45, 2.75) is 30.5 Å². The van der Waals surface area contributed by atoms with E-state index in [9.17, 15) is 15.3 Å². The summed E-state index contributed by atoms with van der Waals surface area (Å²) < 4.78 is 18.2. The molecule has 2 aromatic heterocycles. The highest BCUT2D eigenvalue weighted by Gasteiger charge is 2.44. The second kappa shape index (κ2) is 10.7. The summed E-state index contributed by atoms with van der Waals surface area (Å²) in [5, 5.41) is 33.4. The van der Waals surface area contributed by atoms with Crippen molar-refractivity contribution in [3.8, 4) is 11.5 Å². The van der Waals surface area contributed by atoms with Crippen LogP contribution >= 0.6 is 0 Å². The molecule has 11 nitrogen and oxygen atoms in total. The Labute approximate surface area is 213 Å². The summed E-state index contributed by atoms with van der Waals surface area (Å²) in [6.45, 7) is 0.0617. The maximum atomic E-state index is 10.5. The van der Waals surface area contributed by atoms with Crippen LogP contribution in [0, 0.1) is 0 Å². The first kappa shape index (κ1) is 24.9.